The number of allylic oxidation sites excluding steroid dienone is 2. The van der Waals surface area contributed by atoms with Crippen LogP contribution in [0.5, 0.6) is 5.75 Å². The monoisotopic (exact) mass is 795 g/mol. The van der Waals surface area contributed by atoms with E-state index in [4.69, 9.17) is 10.5 Å². The topological polar surface area (TPSA) is 145 Å². The Bertz CT molecular complexity index is 1990. The second-order valence-electron chi connectivity index (χ2n) is 21.2. The van der Waals surface area contributed by atoms with Gasteiger partial charge in [-0.25, -0.2) is 0 Å². The second-order valence-corrected chi connectivity index (χ2v) is 21.2. The fourth-order valence-electron chi connectivity index (χ4n) is 15.2. The molecule has 0 aromatic heterocycles. The first-order valence-corrected chi connectivity index (χ1v) is 22.5. The van der Waals surface area contributed by atoms with Gasteiger partial charge in [0.1, 0.15) is 17.6 Å². The number of aliphatic hydroxyl groups excluding tert-OH is 2. The lowest BCUT2D eigenvalue weighted by atomic mass is 9.35. The summed E-state index contributed by atoms with van der Waals surface area (Å²) in [5, 5.41) is 38.4. The van der Waals surface area contributed by atoms with Crippen molar-refractivity contribution in [3.63, 3.8) is 0 Å². The predicted octanol–water partition coefficient (Wildman–Crippen LogP) is 8.76. The van der Waals surface area contributed by atoms with Gasteiger partial charge in [-0.2, -0.15) is 0 Å². The number of nitrogens with one attached hydrogen (secondary N) is 1. The molecule has 4 saturated carbocycles. The molecule has 1 heterocycles. The molecule has 8 nitrogen and oxygen atoms in total. The smallest absolute Gasteiger partial charge is 0.160 e. The lowest BCUT2D eigenvalue weighted by Crippen LogP contribution is -2.67. The maximum atomic E-state index is 14.6. The molecule has 1 aliphatic heterocycles. The van der Waals surface area contributed by atoms with Gasteiger partial charge in [0.05, 0.1) is 17.8 Å². The Balaban J connectivity index is 1.08. The van der Waals surface area contributed by atoms with E-state index in [1.54, 1.807) is 12.1 Å². The Morgan fingerprint density at radius 1 is 0.983 bits per heavy atom. The molecule has 8 rings (SSSR count). The van der Waals surface area contributed by atoms with Gasteiger partial charge in [-0.1, -0.05) is 78.2 Å². The zero-order valence-corrected chi connectivity index (χ0v) is 36.4. The number of carbonyl (C=O) groups excluding carboxylic acids is 2. The molecule has 0 radical (unpaired) electrons. The highest BCUT2D eigenvalue weighted by Crippen LogP contribution is 2.75. The number of rotatable bonds is 11. The van der Waals surface area contributed by atoms with Crippen molar-refractivity contribution in [3.05, 3.63) is 70.3 Å². The molecule has 6 N–H and O–H groups in total. The Morgan fingerprint density at radius 2 is 1.74 bits per heavy atom. The first-order chi connectivity index (χ1) is 27.3. The van der Waals surface area contributed by atoms with Crippen LogP contribution < -0.4 is 11.1 Å². The van der Waals surface area contributed by atoms with E-state index < -0.39 is 34.6 Å². The van der Waals surface area contributed by atoms with E-state index in [9.17, 15) is 24.9 Å². The summed E-state index contributed by atoms with van der Waals surface area (Å²) in [5.41, 5.74) is 9.79. The minimum atomic E-state index is -0.782. The van der Waals surface area contributed by atoms with Crippen LogP contribution in [-0.2, 0) is 20.9 Å². The van der Waals surface area contributed by atoms with Gasteiger partial charge in [0.15, 0.2) is 5.78 Å². The summed E-state index contributed by atoms with van der Waals surface area (Å²) in [5.74, 6) is 0.633. The molecule has 2 aromatic carbocycles. The minimum Gasteiger partial charge on any atom is -0.508 e. The minimum absolute atomic E-state index is 0.0590. The maximum Gasteiger partial charge on any atom is 0.160 e. The Kier molecular flexibility index (Phi) is 10.5. The van der Waals surface area contributed by atoms with Gasteiger partial charge in [-0.3, -0.25) is 9.59 Å². The Labute approximate surface area is 346 Å². The van der Waals surface area contributed by atoms with Crippen LogP contribution in [0.4, 0.5) is 5.69 Å². The highest BCUT2D eigenvalue weighted by Gasteiger charge is 2.71. The summed E-state index contributed by atoms with van der Waals surface area (Å²) in [4.78, 5) is 29.2. The molecule has 58 heavy (non-hydrogen) atoms. The number of nitrogens with two attached hydrogens (primary N) is 1. The molecule has 5 fully saturated rings. The van der Waals surface area contributed by atoms with Crippen LogP contribution in [0.15, 0.2) is 53.6 Å². The number of phenolic OH excluding ortho intramolecular Hbond substituents is 1. The zero-order chi connectivity index (χ0) is 41.7. The fourth-order valence-corrected chi connectivity index (χ4v) is 15.2. The van der Waals surface area contributed by atoms with Crippen molar-refractivity contribution in [2.75, 3.05) is 12.8 Å². The highest BCUT2D eigenvalue weighted by molar-refractivity contribution is 6.00. The third-order valence-electron chi connectivity index (χ3n) is 17.6. The summed E-state index contributed by atoms with van der Waals surface area (Å²) in [6.07, 6.45) is 7.14. The van der Waals surface area contributed by atoms with Gasteiger partial charge in [0.2, 0.25) is 0 Å². The first-order valence-electron chi connectivity index (χ1n) is 22.5. The predicted molar refractivity (Wildman–Crippen MR) is 228 cm³/mol. The third kappa shape index (κ3) is 6.27. The van der Waals surface area contributed by atoms with E-state index in [0.29, 0.717) is 44.1 Å². The zero-order valence-electron chi connectivity index (χ0n) is 36.4. The molecule has 0 bridgehead atoms. The van der Waals surface area contributed by atoms with Crippen molar-refractivity contribution >= 4 is 17.3 Å². The molecule has 0 spiro atoms. The number of Topliss-reactive ketones (excluding diaryl/α,β-unsaturated/α-hetero) is 2. The third-order valence-corrected chi connectivity index (χ3v) is 17.6. The van der Waals surface area contributed by atoms with Gasteiger partial charge in [0, 0.05) is 41.3 Å². The number of ether oxygens (including phenoxy) is 1. The number of benzene rings is 2. The van der Waals surface area contributed by atoms with E-state index in [0.717, 1.165) is 67.3 Å². The van der Waals surface area contributed by atoms with Crippen molar-refractivity contribution in [2.45, 2.75) is 161 Å². The fraction of sp³-hybridized carbons (Fsp3) is 0.680. The molecule has 1 saturated heterocycles. The SMILES string of the molecule is CCC[C@H](C[C@@H](O)[C@H]1O[C@]1(C)[C@H]1CCC[C@@H]1c1cccc(N)c1)C1=C2CC[C@@H]3[C@]4(C)C[C@@H](c5cc(O)cc(CNC)c5)C(=O)C(C)(C)[C@@H]4[C@H](O)C[C@]3(C)[C@@]2(C)CC1=O. The highest BCUT2D eigenvalue weighted by atomic mass is 16.6. The van der Waals surface area contributed by atoms with Gasteiger partial charge < -0.3 is 31.1 Å². The summed E-state index contributed by atoms with van der Waals surface area (Å²) >= 11 is 0. The van der Waals surface area contributed by atoms with Crippen molar-refractivity contribution in [2.24, 2.45) is 45.3 Å². The average Bonchev–Trinajstić information content (AvgIpc) is 3.45. The van der Waals surface area contributed by atoms with E-state index >= 15 is 0 Å². The van der Waals surface area contributed by atoms with Crippen LogP contribution >= 0.6 is 0 Å². The number of aliphatic hydroxyl groups is 2. The molecule has 6 aliphatic rings. The molecule has 316 valence electrons. The Morgan fingerprint density at radius 3 is 2.45 bits per heavy atom. The van der Waals surface area contributed by atoms with E-state index in [-0.39, 0.29) is 52.0 Å². The van der Waals surface area contributed by atoms with E-state index in [1.165, 1.54) is 11.1 Å². The number of anilines is 1. The van der Waals surface area contributed by atoms with Crippen LogP contribution in [-0.4, -0.2) is 57.8 Å². The van der Waals surface area contributed by atoms with Gasteiger partial charge in [0.25, 0.3) is 0 Å². The second kappa shape index (κ2) is 14.6. The number of aromatic hydroxyl groups is 1. The van der Waals surface area contributed by atoms with Crippen molar-refractivity contribution in [3.8, 4) is 5.75 Å². The average molecular weight is 795 g/mol. The number of ketones is 2. The standard InChI is InChI=1S/C50H70N2O6/c1-9-12-30(23-38(54)45-50(7,58-45)36-16-11-15-34(36)29-13-10-14-32(51)21-29)42-37-17-18-41-47(4)24-35(31-19-28(27-52-8)20-33(53)22-31)44(57)46(2,3)43(47)40(56)26-49(41,6)48(37,5)25-39(42)55/h10,13-14,19-22,30,34-36,38,40-41,43,45,52-54,56H,9,11-12,15-18,23-27,51H2,1-8H3/t30-,34-,35+,36+,38-,40-,41-,43+,45-,47+,48+,49+,50-/m1/s1. The molecule has 8 heteroatoms. The summed E-state index contributed by atoms with van der Waals surface area (Å²) < 4.78 is 6.53. The van der Waals surface area contributed by atoms with Gasteiger partial charge in [-0.15, -0.1) is 0 Å². The number of hydrogen-bond donors (Lipinski definition) is 5. The largest absolute Gasteiger partial charge is 0.508 e. The molecular formula is C50H70N2O6. The maximum absolute atomic E-state index is 14.6. The molecule has 0 amide bonds. The molecule has 2 aromatic rings. The normalized spacial score (nSPS) is 40.2. The number of epoxide rings is 1. The van der Waals surface area contributed by atoms with Crippen LogP contribution in [0.25, 0.3) is 0 Å². The lowest BCUT2D eigenvalue weighted by Gasteiger charge is -2.69. The molecule has 5 aliphatic carbocycles. The lowest BCUT2D eigenvalue weighted by molar-refractivity contribution is -0.219. The summed E-state index contributed by atoms with van der Waals surface area (Å²) in [7, 11) is 1.87. The van der Waals surface area contributed by atoms with Crippen molar-refractivity contribution < 1.29 is 29.6 Å². The van der Waals surface area contributed by atoms with Crippen LogP contribution in [0.1, 0.15) is 148 Å². The summed E-state index contributed by atoms with van der Waals surface area (Å²) in [6, 6.07) is 13.8. The van der Waals surface area contributed by atoms with Crippen molar-refractivity contribution in [1.29, 1.82) is 0 Å². The number of fused-ring (bicyclic) bond motifs is 5. The van der Waals surface area contributed by atoms with Gasteiger partial charge in [-0.05, 0) is 146 Å². The number of carbonyl (C=O) groups is 2. The van der Waals surface area contributed by atoms with E-state index in [1.807, 2.05) is 33.0 Å². The van der Waals surface area contributed by atoms with Crippen LogP contribution in [0.2, 0.25) is 0 Å². The van der Waals surface area contributed by atoms with Crippen molar-refractivity contribution in [1.82, 2.24) is 5.32 Å². The van der Waals surface area contributed by atoms with Crippen LogP contribution in [0.3, 0.4) is 0 Å². The molecular weight excluding hydrogens is 725 g/mol. The molecule has 13 atom stereocenters. The quantitative estimate of drug-likeness (QED) is 0.112. The molecule has 0 unspecified atom stereocenters. The Hall–Kier alpha value is -3.04. The summed E-state index contributed by atoms with van der Waals surface area (Å²) in [6.45, 7) is 15.9. The number of phenols is 1. The van der Waals surface area contributed by atoms with E-state index in [2.05, 4.69) is 58.1 Å². The van der Waals surface area contributed by atoms with Crippen LogP contribution in [0, 0.1) is 45.3 Å². The van der Waals surface area contributed by atoms with Gasteiger partial charge >= 0.3 is 0 Å². The number of hydrogen-bond acceptors (Lipinski definition) is 8. The number of nitrogen functional groups attached to an aromatic ring is 1. The first kappa shape index (κ1) is 41.7.